The van der Waals surface area contributed by atoms with Gasteiger partial charge in [-0.3, -0.25) is 4.98 Å². The molecule has 0 aliphatic heterocycles. The van der Waals surface area contributed by atoms with E-state index in [1.807, 2.05) is 12.1 Å². The highest BCUT2D eigenvalue weighted by atomic mass is 35.5. The van der Waals surface area contributed by atoms with Crippen LogP contribution >= 0.6 is 11.6 Å². The molecule has 0 aliphatic rings. The van der Waals surface area contributed by atoms with E-state index in [1.54, 1.807) is 30.2 Å². The summed E-state index contributed by atoms with van der Waals surface area (Å²) in [4.78, 5) is 8.73. The summed E-state index contributed by atoms with van der Waals surface area (Å²) in [5.41, 5.74) is 2.25. The number of aromatic nitrogens is 3. The van der Waals surface area contributed by atoms with E-state index >= 15 is 0 Å². The van der Waals surface area contributed by atoms with Gasteiger partial charge in [-0.15, -0.1) is 0 Å². The largest absolute Gasteiger partial charge is 0.399 e. The zero-order valence-corrected chi connectivity index (χ0v) is 10.2. The maximum absolute atomic E-state index is 6.04. The zero-order chi connectivity index (χ0) is 12.3. The molecule has 0 spiro atoms. The summed E-state index contributed by atoms with van der Waals surface area (Å²) in [6, 6.07) is 3.73. The highest BCUT2D eigenvalue weighted by Gasteiger charge is 2.11. The SMILES string of the molecule is CO/N=C(/C)c1cn(-c2cccnc2)nc1Cl. The maximum Gasteiger partial charge on any atom is 0.160 e. The van der Waals surface area contributed by atoms with Crippen LogP contribution < -0.4 is 0 Å². The van der Waals surface area contributed by atoms with Crippen LogP contribution in [0.4, 0.5) is 0 Å². The van der Waals surface area contributed by atoms with E-state index < -0.39 is 0 Å². The highest BCUT2D eigenvalue weighted by Crippen LogP contribution is 2.17. The second-order valence-electron chi connectivity index (χ2n) is 3.35. The van der Waals surface area contributed by atoms with Gasteiger partial charge in [-0.2, -0.15) is 5.10 Å². The van der Waals surface area contributed by atoms with Crippen molar-refractivity contribution in [3.05, 3.63) is 41.4 Å². The van der Waals surface area contributed by atoms with Crippen molar-refractivity contribution in [2.24, 2.45) is 5.16 Å². The number of rotatable bonds is 3. The van der Waals surface area contributed by atoms with Gasteiger partial charge in [0.2, 0.25) is 0 Å². The molecule has 2 aromatic heterocycles. The molecule has 0 N–H and O–H groups in total. The minimum atomic E-state index is 0.382. The first kappa shape index (κ1) is 11.6. The fraction of sp³-hybridized carbons (Fsp3) is 0.182. The monoisotopic (exact) mass is 250 g/mol. The van der Waals surface area contributed by atoms with E-state index in [0.717, 1.165) is 11.3 Å². The Morgan fingerprint density at radius 1 is 1.53 bits per heavy atom. The Bertz CT molecular complexity index is 536. The van der Waals surface area contributed by atoms with Gasteiger partial charge in [-0.05, 0) is 19.1 Å². The van der Waals surface area contributed by atoms with E-state index in [4.69, 9.17) is 16.4 Å². The van der Waals surface area contributed by atoms with Crippen LogP contribution in [0.5, 0.6) is 0 Å². The molecule has 0 amide bonds. The average molecular weight is 251 g/mol. The predicted molar refractivity (Wildman–Crippen MR) is 65.6 cm³/mol. The van der Waals surface area contributed by atoms with Crippen molar-refractivity contribution in [2.45, 2.75) is 6.92 Å². The van der Waals surface area contributed by atoms with Crippen LogP contribution in [-0.2, 0) is 4.84 Å². The highest BCUT2D eigenvalue weighted by molar-refractivity contribution is 6.33. The number of hydrogen-bond donors (Lipinski definition) is 0. The van der Waals surface area contributed by atoms with Crippen LogP contribution in [0.25, 0.3) is 5.69 Å². The van der Waals surface area contributed by atoms with Crippen LogP contribution in [-0.4, -0.2) is 27.6 Å². The first-order chi connectivity index (χ1) is 8.22. The molecule has 0 aromatic carbocycles. The number of oxime groups is 1. The molecule has 0 atom stereocenters. The summed E-state index contributed by atoms with van der Waals surface area (Å²) in [6.45, 7) is 1.81. The number of nitrogens with zero attached hydrogens (tertiary/aromatic N) is 4. The zero-order valence-electron chi connectivity index (χ0n) is 9.46. The Balaban J connectivity index is 2.41. The molecular weight excluding hydrogens is 240 g/mol. The Kier molecular flexibility index (Phi) is 3.39. The molecule has 2 aromatic rings. The van der Waals surface area contributed by atoms with Gasteiger partial charge in [-0.25, -0.2) is 4.68 Å². The minimum absolute atomic E-state index is 0.382. The van der Waals surface area contributed by atoms with Crippen LogP contribution in [0.2, 0.25) is 5.15 Å². The Morgan fingerprint density at radius 2 is 2.35 bits per heavy atom. The van der Waals surface area contributed by atoms with Crippen molar-refractivity contribution >= 4 is 17.3 Å². The molecule has 88 valence electrons. The standard InChI is InChI=1S/C11H11ClN4O/c1-8(15-17-2)10-7-16(14-11(10)12)9-4-3-5-13-6-9/h3-7H,1-2H3/b15-8-. The van der Waals surface area contributed by atoms with Gasteiger partial charge in [0.25, 0.3) is 0 Å². The van der Waals surface area contributed by atoms with E-state index in [-0.39, 0.29) is 0 Å². The molecule has 2 heterocycles. The molecule has 5 nitrogen and oxygen atoms in total. The van der Waals surface area contributed by atoms with Gasteiger partial charge in [-0.1, -0.05) is 16.8 Å². The van der Waals surface area contributed by atoms with E-state index in [1.165, 1.54) is 7.11 Å². The first-order valence-electron chi connectivity index (χ1n) is 4.96. The van der Waals surface area contributed by atoms with Gasteiger partial charge in [0.05, 0.1) is 23.2 Å². The summed E-state index contributed by atoms with van der Waals surface area (Å²) in [5, 5.41) is 8.40. The molecule has 0 aliphatic carbocycles. The fourth-order valence-corrected chi connectivity index (χ4v) is 1.67. The van der Waals surface area contributed by atoms with Crippen LogP contribution in [0.15, 0.2) is 35.9 Å². The van der Waals surface area contributed by atoms with E-state index in [9.17, 15) is 0 Å². The molecule has 0 unspecified atom stereocenters. The van der Waals surface area contributed by atoms with Gasteiger partial charge >= 0.3 is 0 Å². The lowest BCUT2D eigenvalue weighted by Gasteiger charge is -1.98. The third-order valence-electron chi connectivity index (χ3n) is 2.20. The molecule has 0 saturated heterocycles. The lowest BCUT2D eigenvalue weighted by atomic mass is 10.2. The molecule has 0 radical (unpaired) electrons. The summed E-state index contributed by atoms with van der Waals surface area (Å²) in [6.07, 6.45) is 5.19. The van der Waals surface area contributed by atoms with Gasteiger partial charge < -0.3 is 4.84 Å². The first-order valence-corrected chi connectivity index (χ1v) is 5.34. The van der Waals surface area contributed by atoms with Crippen molar-refractivity contribution in [3.63, 3.8) is 0 Å². The van der Waals surface area contributed by atoms with Gasteiger partial charge in [0.1, 0.15) is 7.11 Å². The maximum atomic E-state index is 6.04. The van der Waals surface area contributed by atoms with E-state index in [2.05, 4.69) is 15.2 Å². The van der Waals surface area contributed by atoms with Gasteiger partial charge in [0.15, 0.2) is 5.15 Å². The fourth-order valence-electron chi connectivity index (χ4n) is 1.40. The Hall–Kier alpha value is -1.88. The van der Waals surface area contributed by atoms with Gasteiger partial charge in [0, 0.05) is 12.4 Å². The van der Waals surface area contributed by atoms with Crippen LogP contribution in [0.1, 0.15) is 12.5 Å². The molecule has 6 heteroatoms. The van der Waals surface area contributed by atoms with Crippen LogP contribution in [0.3, 0.4) is 0 Å². The second kappa shape index (κ2) is 4.97. The summed E-state index contributed by atoms with van der Waals surface area (Å²) < 4.78 is 1.65. The third-order valence-corrected chi connectivity index (χ3v) is 2.48. The normalized spacial score (nSPS) is 11.6. The van der Waals surface area contributed by atoms with Crippen molar-refractivity contribution in [2.75, 3.05) is 7.11 Å². The molecule has 2 rings (SSSR count). The molecule has 0 saturated carbocycles. The van der Waals surface area contributed by atoms with Crippen molar-refractivity contribution in [1.29, 1.82) is 0 Å². The third kappa shape index (κ3) is 2.45. The molecule has 0 fully saturated rings. The number of halogens is 1. The van der Waals surface area contributed by atoms with E-state index in [0.29, 0.717) is 10.9 Å². The topological polar surface area (TPSA) is 52.3 Å². The number of hydrogen-bond acceptors (Lipinski definition) is 4. The number of pyridine rings is 1. The Morgan fingerprint density at radius 3 is 3.00 bits per heavy atom. The quantitative estimate of drug-likeness (QED) is 0.620. The predicted octanol–water partition coefficient (Wildman–Crippen LogP) is 2.29. The molecular formula is C11H11ClN4O. The van der Waals surface area contributed by atoms with Crippen molar-refractivity contribution in [3.8, 4) is 5.69 Å². The lowest BCUT2D eigenvalue weighted by molar-refractivity contribution is 0.213. The summed E-state index contributed by atoms with van der Waals surface area (Å²) >= 11 is 6.04. The Labute approximate surface area is 104 Å². The van der Waals surface area contributed by atoms with Crippen molar-refractivity contribution < 1.29 is 4.84 Å². The lowest BCUT2D eigenvalue weighted by Crippen LogP contribution is -1.95. The molecule has 17 heavy (non-hydrogen) atoms. The van der Waals surface area contributed by atoms with Crippen molar-refractivity contribution in [1.82, 2.24) is 14.8 Å². The van der Waals surface area contributed by atoms with Crippen LogP contribution in [0, 0.1) is 0 Å². The smallest absolute Gasteiger partial charge is 0.160 e. The molecule has 0 bridgehead atoms. The average Bonchev–Trinajstić information content (AvgIpc) is 2.73. The summed E-state index contributed by atoms with van der Waals surface area (Å²) in [5.74, 6) is 0. The second-order valence-corrected chi connectivity index (χ2v) is 3.71. The minimum Gasteiger partial charge on any atom is -0.399 e. The summed E-state index contributed by atoms with van der Waals surface area (Å²) in [7, 11) is 1.49.